The Morgan fingerprint density at radius 2 is 1.86 bits per heavy atom. The second kappa shape index (κ2) is 9.58. The summed E-state index contributed by atoms with van der Waals surface area (Å²) >= 11 is 6.05. The van der Waals surface area contributed by atoms with Crippen LogP contribution in [-0.2, 0) is 22.0 Å². The lowest BCUT2D eigenvalue weighted by molar-refractivity contribution is 0.0523. The molecule has 0 spiro atoms. The standard InChI is InChI=1S/C25H32ClN5O3S/c1-25(2,3)34-24(32)29-20-14-19(20)27-22-21-18(10-13-35(21)33)28-23(30-22)31-11-8-16(9-12-31)15-4-6-17(26)7-5-15/h4-7,16,19-20H,8-14H2,1-3H3,(H,29,32)(H,27,28,30). The lowest BCUT2D eigenvalue weighted by Gasteiger charge is -2.32. The van der Waals surface area contributed by atoms with E-state index >= 15 is 0 Å². The van der Waals surface area contributed by atoms with Crippen LogP contribution in [0.4, 0.5) is 16.6 Å². The Bertz CT molecular complexity index is 1130. The van der Waals surface area contributed by atoms with E-state index in [1.54, 1.807) is 0 Å². The van der Waals surface area contributed by atoms with Crippen LogP contribution < -0.4 is 15.5 Å². The Kier molecular flexibility index (Phi) is 6.65. The SMILES string of the molecule is CC(C)(C)OC(=O)NC1CC1Nc1nc(N2CCC(c3ccc(Cl)cc3)CC2)nc2c1S(=O)CC2. The number of hydrogen-bond donors (Lipinski definition) is 2. The molecule has 3 heterocycles. The summed E-state index contributed by atoms with van der Waals surface area (Å²) in [5, 5.41) is 7.09. The van der Waals surface area contributed by atoms with Crippen molar-refractivity contribution in [2.75, 3.05) is 29.1 Å². The van der Waals surface area contributed by atoms with Gasteiger partial charge in [0.15, 0.2) is 0 Å². The molecule has 5 rings (SSSR count). The van der Waals surface area contributed by atoms with Gasteiger partial charge in [0.2, 0.25) is 5.95 Å². The molecule has 0 radical (unpaired) electrons. The molecule has 3 unspecified atom stereocenters. The molecule has 1 aromatic carbocycles. The molecule has 2 aliphatic heterocycles. The highest BCUT2D eigenvalue weighted by atomic mass is 35.5. The van der Waals surface area contributed by atoms with Crippen molar-refractivity contribution in [1.29, 1.82) is 0 Å². The first-order chi connectivity index (χ1) is 16.7. The number of carbonyl (C=O) groups excluding carboxylic acids is 1. The van der Waals surface area contributed by atoms with Gasteiger partial charge in [0.1, 0.15) is 16.3 Å². The first kappa shape index (κ1) is 24.3. The summed E-state index contributed by atoms with van der Waals surface area (Å²) in [4.78, 5) is 24.7. The van der Waals surface area contributed by atoms with E-state index in [2.05, 4.69) is 27.7 Å². The van der Waals surface area contributed by atoms with Crippen molar-refractivity contribution in [2.24, 2.45) is 0 Å². The molecule has 1 amide bonds. The maximum absolute atomic E-state index is 12.7. The molecule has 2 aromatic rings. The van der Waals surface area contributed by atoms with E-state index in [0.29, 0.717) is 34.8 Å². The molecule has 10 heteroatoms. The number of amides is 1. The third kappa shape index (κ3) is 5.72. The molecule has 1 saturated heterocycles. The third-order valence-corrected chi connectivity index (χ3v) is 8.32. The highest BCUT2D eigenvalue weighted by molar-refractivity contribution is 7.85. The predicted octanol–water partition coefficient (Wildman–Crippen LogP) is 4.26. The van der Waals surface area contributed by atoms with Gasteiger partial charge in [0, 0.05) is 30.3 Å². The Morgan fingerprint density at radius 1 is 1.14 bits per heavy atom. The number of nitrogens with zero attached hydrogens (tertiary/aromatic N) is 3. The van der Waals surface area contributed by atoms with Crippen LogP contribution in [0.1, 0.15) is 57.2 Å². The number of ether oxygens (including phenoxy) is 1. The van der Waals surface area contributed by atoms with Gasteiger partial charge in [-0.25, -0.2) is 9.78 Å². The maximum atomic E-state index is 12.7. The molecule has 8 nitrogen and oxygen atoms in total. The quantitative estimate of drug-likeness (QED) is 0.611. The zero-order valence-corrected chi connectivity index (χ0v) is 21.9. The summed E-state index contributed by atoms with van der Waals surface area (Å²) in [6.07, 6.45) is 3.07. The highest BCUT2D eigenvalue weighted by Crippen LogP contribution is 2.36. The lowest BCUT2D eigenvalue weighted by atomic mass is 9.89. The van der Waals surface area contributed by atoms with Crippen LogP contribution in [0.25, 0.3) is 0 Å². The minimum atomic E-state index is -1.11. The summed E-state index contributed by atoms with van der Waals surface area (Å²) in [5.74, 6) is 2.40. The lowest BCUT2D eigenvalue weighted by Crippen LogP contribution is -2.36. The van der Waals surface area contributed by atoms with Gasteiger partial charge in [-0.2, -0.15) is 4.98 Å². The fraction of sp³-hybridized carbons (Fsp3) is 0.560. The highest BCUT2D eigenvalue weighted by Gasteiger charge is 2.41. The van der Waals surface area contributed by atoms with Crippen LogP contribution in [0.2, 0.25) is 5.02 Å². The Balaban J connectivity index is 1.26. The Morgan fingerprint density at radius 3 is 2.54 bits per heavy atom. The minimum Gasteiger partial charge on any atom is -0.444 e. The Hall–Kier alpha value is -2.39. The maximum Gasteiger partial charge on any atom is 0.407 e. The van der Waals surface area contributed by atoms with E-state index in [1.807, 2.05) is 32.9 Å². The van der Waals surface area contributed by atoms with E-state index in [9.17, 15) is 9.00 Å². The molecular weight excluding hydrogens is 486 g/mol. The average molecular weight is 518 g/mol. The van der Waals surface area contributed by atoms with Crippen LogP contribution in [0.3, 0.4) is 0 Å². The molecule has 1 aliphatic carbocycles. The molecule has 3 aliphatic rings. The molecule has 35 heavy (non-hydrogen) atoms. The zero-order chi connectivity index (χ0) is 24.7. The monoisotopic (exact) mass is 517 g/mol. The smallest absolute Gasteiger partial charge is 0.407 e. The second-order valence-corrected chi connectivity index (χ2v) is 12.4. The fourth-order valence-electron chi connectivity index (χ4n) is 4.72. The van der Waals surface area contributed by atoms with E-state index in [-0.39, 0.29) is 12.1 Å². The number of aryl methyl sites for hydroxylation is 1. The predicted molar refractivity (Wildman–Crippen MR) is 138 cm³/mol. The van der Waals surface area contributed by atoms with E-state index in [1.165, 1.54) is 5.56 Å². The van der Waals surface area contributed by atoms with E-state index in [0.717, 1.165) is 43.1 Å². The van der Waals surface area contributed by atoms with Crippen molar-refractivity contribution < 1.29 is 13.7 Å². The molecule has 3 atom stereocenters. The molecule has 0 bridgehead atoms. The van der Waals surface area contributed by atoms with Crippen molar-refractivity contribution >= 4 is 40.3 Å². The van der Waals surface area contributed by atoms with E-state index < -0.39 is 22.5 Å². The van der Waals surface area contributed by atoms with Gasteiger partial charge in [0.25, 0.3) is 0 Å². The van der Waals surface area contributed by atoms with Gasteiger partial charge >= 0.3 is 6.09 Å². The molecule has 1 saturated carbocycles. The number of alkyl carbamates (subject to hydrolysis) is 1. The van der Waals surface area contributed by atoms with Crippen molar-refractivity contribution in [2.45, 2.75) is 75.0 Å². The van der Waals surface area contributed by atoms with Crippen LogP contribution in [0, 0.1) is 0 Å². The normalized spacial score (nSPS) is 24.1. The van der Waals surface area contributed by atoms with Crippen LogP contribution in [-0.4, -0.2) is 56.8 Å². The van der Waals surface area contributed by atoms with Crippen LogP contribution in [0.15, 0.2) is 29.2 Å². The first-order valence-corrected chi connectivity index (χ1v) is 13.9. The molecule has 188 valence electrons. The van der Waals surface area contributed by atoms with Crippen molar-refractivity contribution in [3.8, 4) is 0 Å². The molecule has 2 N–H and O–H groups in total. The van der Waals surface area contributed by atoms with Gasteiger partial charge < -0.3 is 20.3 Å². The summed E-state index contributed by atoms with van der Waals surface area (Å²) in [6.45, 7) is 7.25. The van der Waals surface area contributed by atoms with Gasteiger partial charge in [0.05, 0.1) is 28.6 Å². The van der Waals surface area contributed by atoms with Gasteiger partial charge in [-0.3, -0.25) is 4.21 Å². The summed E-state index contributed by atoms with van der Waals surface area (Å²) < 4.78 is 18.1. The summed E-state index contributed by atoms with van der Waals surface area (Å²) in [5.41, 5.74) is 1.65. The van der Waals surface area contributed by atoms with Crippen molar-refractivity contribution in [1.82, 2.24) is 15.3 Å². The number of piperidine rings is 1. The number of rotatable bonds is 5. The van der Waals surface area contributed by atoms with Gasteiger partial charge in [-0.15, -0.1) is 0 Å². The first-order valence-electron chi connectivity index (χ1n) is 12.2. The molecular formula is C25H32ClN5O3S. The minimum absolute atomic E-state index is 0.0302. The number of anilines is 2. The number of benzene rings is 1. The fourth-order valence-corrected chi connectivity index (χ4v) is 6.16. The topological polar surface area (TPSA) is 96.4 Å². The van der Waals surface area contributed by atoms with Crippen molar-refractivity contribution in [3.05, 3.63) is 40.5 Å². The Labute approximate surface area is 213 Å². The van der Waals surface area contributed by atoms with E-state index in [4.69, 9.17) is 26.3 Å². The zero-order valence-electron chi connectivity index (χ0n) is 20.3. The summed E-state index contributed by atoms with van der Waals surface area (Å²) in [6, 6.07) is 8.13. The van der Waals surface area contributed by atoms with Crippen molar-refractivity contribution in [3.63, 3.8) is 0 Å². The average Bonchev–Trinajstić information content (AvgIpc) is 3.40. The van der Waals surface area contributed by atoms with Crippen LogP contribution in [0.5, 0.6) is 0 Å². The third-order valence-electron chi connectivity index (χ3n) is 6.61. The number of carbonyl (C=O) groups is 1. The number of nitrogens with one attached hydrogen (secondary N) is 2. The molecule has 1 aromatic heterocycles. The number of halogens is 1. The van der Waals surface area contributed by atoms with Gasteiger partial charge in [-0.05, 0) is 63.6 Å². The molecule has 2 fully saturated rings. The summed E-state index contributed by atoms with van der Waals surface area (Å²) in [7, 11) is -1.11. The second-order valence-electron chi connectivity index (χ2n) is 10.5. The van der Waals surface area contributed by atoms with Gasteiger partial charge in [-0.1, -0.05) is 23.7 Å². The number of hydrogen-bond acceptors (Lipinski definition) is 7. The number of aromatic nitrogens is 2. The number of fused-ring (bicyclic) bond motifs is 1. The largest absolute Gasteiger partial charge is 0.444 e. The van der Waals surface area contributed by atoms with Crippen LogP contribution >= 0.6 is 11.6 Å².